The number of hydrogen-bond acceptors (Lipinski definition) is 12. The normalized spacial score (nSPS) is 25.0. The highest BCUT2D eigenvalue weighted by Crippen LogP contribution is 2.35. The fourth-order valence-electron chi connectivity index (χ4n) is 7.82. The fourth-order valence-corrected chi connectivity index (χ4v) is 7.82. The average Bonchev–Trinajstić information content (AvgIpc) is 3.17. The summed E-state index contributed by atoms with van der Waals surface area (Å²) in [4.78, 5) is 18.7. The number of carbonyl (C=O) groups is 1. The van der Waals surface area contributed by atoms with Gasteiger partial charge in [-0.25, -0.2) is 0 Å². The molecule has 4 aliphatic rings. The molecule has 3 unspecified atom stereocenters. The van der Waals surface area contributed by atoms with E-state index in [2.05, 4.69) is 87.6 Å². The van der Waals surface area contributed by atoms with Crippen LogP contribution in [0.2, 0.25) is 0 Å². The molecule has 0 radical (unpaired) electrons. The Hall–Kier alpha value is -2.39. The number of aliphatic hydroxyl groups excluding tert-OH is 1. The van der Waals surface area contributed by atoms with Crippen LogP contribution in [0.4, 0.5) is 0 Å². The van der Waals surface area contributed by atoms with E-state index in [0.717, 1.165) is 148 Å². The van der Waals surface area contributed by atoms with Crippen molar-refractivity contribution < 1.29 is 19.4 Å². The molecule has 12 heteroatoms. The van der Waals surface area contributed by atoms with E-state index < -0.39 is 0 Å². The molecule has 0 aromatic heterocycles. The van der Waals surface area contributed by atoms with Crippen molar-refractivity contribution in [2.24, 2.45) is 11.8 Å². The number of rotatable bonds is 16. The third kappa shape index (κ3) is 17.6. The Bertz CT molecular complexity index is 1290. The van der Waals surface area contributed by atoms with Crippen LogP contribution in [-0.2, 0) is 14.3 Å². The van der Waals surface area contributed by atoms with Gasteiger partial charge in [0.25, 0.3) is 0 Å². The minimum absolute atomic E-state index is 0.000768. The summed E-state index contributed by atoms with van der Waals surface area (Å²) in [5.41, 5.74) is 3.71. The lowest BCUT2D eigenvalue weighted by Crippen LogP contribution is -2.42. The van der Waals surface area contributed by atoms with E-state index in [0.29, 0.717) is 38.0 Å². The van der Waals surface area contributed by atoms with E-state index in [1.807, 2.05) is 6.08 Å². The van der Waals surface area contributed by atoms with Crippen molar-refractivity contribution in [2.75, 3.05) is 131 Å². The number of hydrogen-bond donors (Lipinski definition) is 7. The zero-order valence-corrected chi connectivity index (χ0v) is 35.5. The van der Waals surface area contributed by atoms with Gasteiger partial charge in [0.05, 0.1) is 24.0 Å². The van der Waals surface area contributed by atoms with Gasteiger partial charge in [0.1, 0.15) is 5.76 Å². The lowest BCUT2D eigenvalue weighted by Gasteiger charge is -2.31. The number of Topliss-reactive ketones (excluding diaryl/α,β-unsaturated/α-hetero) is 1. The van der Waals surface area contributed by atoms with E-state index in [9.17, 15) is 9.90 Å². The first-order valence-corrected chi connectivity index (χ1v) is 22.0. The van der Waals surface area contributed by atoms with Crippen LogP contribution in [0, 0.1) is 11.8 Å². The number of carbonyl (C=O) groups excluding carboxylic acids is 1. The van der Waals surface area contributed by atoms with Crippen LogP contribution >= 0.6 is 0 Å². The predicted octanol–water partition coefficient (Wildman–Crippen LogP) is 3.28. The maximum Gasteiger partial charge on any atom is 0.166 e. The Kier molecular flexibility index (Phi) is 22.6. The smallest absolute Gasteiger partial charge is 0.166 e. The van der Waals surface area contributed by atoms with E-state index in [4.69, 9.17) is 9.47 Å². The van der Waals surface area contributed by atoms with Crippen LogP contribution in [0.3, 0.4) is 0 Å². The fraction of sp³-hybridized carbons (Fsp3) is 0.750. The largest absolute Gasteiger partial charge is 0.507 e. The molecule has 2 aliphatic carbocycles. The molecule has 56 heavy (non-hydrogen) atoms. The molecule has 0 bridgehead atoms. The summed E-state index contributed by atoms with van der Waals surface area (Å²) in [5, 5.41) is 32.6. The van der Waals surface area contributed by atoms with Gasteiger partial charge in [0.2, 0.25) is 0 Å². The number of nitrogens with zero attached hydrogens (tertiary/aromatic N) is 2. The van der Waals surface area contributed by atoms with Gasteiger partial charge in [-0.2, -0.15) is 0 Å². The van der Waals surface area contributed by atoms with Crippen molar-refractivity contribution in [2.45, 2.75) is 72.3 Å². The minimum atomic E-state index is -0.251. The summed E-state index contributed by atoms with van der Waals surface area (Å²) in [5.74, 6) is 1.42. The number of ketones is 1. The molecule has 318 valence electrons. The van der Waals surface area contributed by atoms with Gasteiger partial charge in [0, 0.05) is 148 Å². The number of nitrogens with one attached hydrogen (secondary N) is 6. The molecule has 2 fully saturated rings. The molecule has 4 rings (SSSR count). The van der Waals surface area contributed by atoms with Crippen molar-refractivity contribution >= 4 is 5.78 Å². The van der Waals surface area contributed by atoms with Crippen molar-refractivity contribution in [3.8, 4) is 0 Å². The second-order valence-corrected chi connectivity index (χ2v) is 16.3. The third-order valence-electron chi connectivity index (χ3n) is 11.2. The zero-order valence-electron chi connectivity index (χ0n) is 35.5. The topological polar surface area (TPSA) is 134 Å². The van der Waals surface area contributed by atoms with Gasteiger partial charge in [-0.05, 0) is 52.0 Å². The summed E-state index contributed by atoms with van der Waals surface area (Å²) in [6, 6.07) is 0. The van der Waals surface area contributed by atoms with Gasteiger partial charge in [-0.15, -0.1) is 0 Å². The van der Waals surface area contributed by atoms with Crippen LogP contribution in [0.15, 0.2) is 58.1 Å². The number of ether oxygens (including phenoxy) is 2. The second kappa shape index (κ2) is 27.3. The summed E-state index contributed by atoms with van der Waals surface area (Å²) in [6.07, 6.45) is 12.5. The maximum absolute atomic E-state index is 13.7. The van der Waals surface area contributed by atoms with Crippen LogP contribution in [0.1, 0.15) is 66.2 Å². The molecule has 2 aliphatic heterocycles. The summed E-state index contributed by atoms with van der Waals surface area (Å²) >= 11 is 0. The van der Waals surface area contributed by atoms with Gasteiger partial charge in [-0.3, -0.25) is 4.79 Å². The number of allylic oxidation sites excluding steroid dienone is 7. The van der Waals surface area contributed by atoms with E-state index in [1.165, 1.54) is 11.1 Å². The third-order valence-corrected chi connectivity index (χ3v) is 11.2. The Balaban J connectivity index is 1.24. The van der Waals surface area contributed by atoms with Crippen molar-refractivity contribution in [3.05, 3.63) is 58.1 Å². The van der Waals surface area contributed by atoms with Crippen LogP contribution in [-0.4, -0.2) is 158 Å². The first-order chi connectivity index (χ1) is 27.3. The molecule has 12 nitrogen and oxygen atoms in total. The monoisotopic (exact) mass is 783 g/mol. The Morgan fingerprint density at radius 3 is 1.80 bits per heavy atom. The molecule has 0 amide bonds. The highest BCUT2D eigenvalue weighted by Gasteiger charge is 2.32. The lowest BCUT2D eigenvalue weighted by molar-refractivity contribution is -0.115. The first-order valence-electron chi connectivity index (χ1n) is 22.0. The molecule has 7 N–H and O–H groups in total. The SMILES string of the molecule is CC(C)=CCC1=C(O)C(C(=O)CCC2=CC=C(OCCCN3CCNCCNCCNCC3)C(C)C2)=CC(C)C1OCCCN1CCNCCNCCNCC1. The standard InChI is InChI=1S/C44H78N8O4/c1-35(2)7-10-39-43(54)40(34-37(4)44(39)56-32-6-26-52-29-23-49-19-15-46-16-20-50-24-30-52)41(53)11-8-38-9-12-42(36(3)33-38)55-31-5-25-51-27-21-47-17-13-45-14-18-48-22-28-51/h7,9,12,34,36-37,44-50,54H,5-6,8,10-11,13-33H2,1-4H3. The average molecular weight is 783 g/mol. The quantitative estimate of drug-likeness (QED) is 0.0916. The Morgan fingerprint density at radius 2 is 1.29 bits per heavy atom. The Morgan fingerprint density at radius 1 is 0.768 bits per heavy atom. The number of aliphatic hydroxyl groups is 1. The van der Waals surface area contributed by atoms with Gasteiger partial charge in [0.15, 0.2) is 5.78 Å². The maximum atomic E-state index is 13.7. The molecule has 3 atom stereocenters. The molecule has 2 heterocycles. The lowest BCUT2D eigenvalue weighted by atomic mass is 9.82. The van der Waals surface area contributed by atoms with E-state index >= 15 is 0 Å². The molecule has 2 saturated heterocycles. The van der Waals surface area contributed by atoms with E-state index in [-0.39, 0.29) is 29.5 Å². The van der Waals surface area contributed by atoms with Gasteiger partial charge >= 0.3 is 0 Å². The molecule has 0 saturated carbocycles. The van der Waals surface area contributed by atoms with Gasteiger partial charge < -0.3 is 56.3 Å². The summed E-state index contributed by atoms with van der Waals surface area (Å²) in [6.45, 7) is 27.9. The second-order valence-electron chi connectivity index (χ2n) is 16.3. The van der Waals surface area contributed by atoms with Crippen LogP contribution in [0.25, 0.3) is 0 Å². The van der Waals surface area contributed by atoms with Crippen molar-refractivity contribution in [1.29, 1.82) is 0 Å². The molecule has 0 aromatic rings. The highest BCUT2D eigenvalue weighted by atomic mass is 16.5. The molecule has 0 spiro atoms. The predicted molar refractivity (Wildman–Crippen MR) is 230 cm³/mol. The summed E-state index contributed by atoms with van der Waals surface area (Å²) in [7, 11) is 0. The van der Waals surface area contributed by atoms with Gasteiger partial charge in [-0.1, -0.05) is 43.2 Å². The van der Waals surface area contributed by atoms with Crippen LogP contribution < -0.4 is 31.9 Å². The zero-order chi connectivity index (χ0) is 39.8. The highest BCUT2D eigenvalue weighted by molar-refractivity contribution is 5.99. The van der Waals surface area contributed by atoms with E-state index in [1.54, 1.807) is 0 Å². The molecular formula is C44H78N8O4. The molecular weight excluding hydrogens is 705 g/mol. The van der Waals surface area contributed by atoms with Crippen molar-refractivity contribution in [1.82, 2.24) is 41.7 Å². The molecule has 0 aromatic carbocycles. The Labute approximate surface area is 339 Å². The van der Waals surface area contributed by atoms with Crippen LogP contribution in [0.5, 0.6) is 0 Å². The summed E-state index contributed by atoms with van der Waals surface area (Å²) < 4.78 is 12.8. The minimum Gasteiger partial charge on any atom is -0.507 e. The first kappa shape index (κ1) is 46.3. The van der Waals surface area contributed by atoms with Crippen molar-refractivity contribution in [3.63, 3.8) is 0 Å².